The molecule has 0 aromatic carbocycles. The largest absolute Gasteiger partial charge is 0.381 e. The third-order valence-corrected chi connectivity index (χ3v) is 5.21. The Morgan fingerprint density at radius 3 is 2.77 bits per heavy atom. The molecular formula is C16H32N4OS. The molecule has 5 nitrogen and oxygen atoms in total. The summed E-state index contributed by atoms with van der Waals surface area (Å²) in [5, 5.41) is 6.99. The van der Waals surface area contributed by atoms with Crippen molar-refractivity contribution >= 4 is 17.7 Å². The molecule has 2 N–H and O–H groups in total. The van der Waals surface area contributed by atoms with Gasteiger partial charge in [0.05, 0.1) is 6.61 Å². The SMILES string of the molecule is CN=C(NCCCSC)NC1CCN(CC2CCOC2)CC1. The third kappa shape index (κ3) is 6.34. The lowest BCUT2D eigenvalue weighted by Crippen LogP contribution is -2.49. The van der Waals surface area contributed by atoms with E-state index in [1.54, 1.807) is 0 Å². The van der Waals surface area contributed by atoms with E-state index in [0.717, 1.165) is 31.6 Å². The average Bonchev–Trinajstić information content (AvgIpc) is 3.05. The van der Waals surface area contributed by atoms with Gasteiger partial charge in [0, 0.05) is 45.9 Å². The van der Waals surface area contributed by atoms with Crippen LogP contribution in [0.15, 0.2) is 4.99 Å². The number of piperidine rings is 1. The van der Waals surface area contributed by atoms with Crippen molar-refractivity contribution < 1.29 is 4.74 Å². The quantitative estimate of drug-likeness (QED) is 0.420. The van der Waals surface area contributed by atoms with Crippen LogP contribution < -0.4 is 10.6 Å². The van der Waals surface area contributed by atoms with Crippen LogP contribution >= 0.6 is 11.8 Å². The zero-order valence-electron chi connectivity index (χ0n) is 14.1. The number of hydrogen-bond acceptors (Lipinski definition) is 4. The van der Waals surface area contributed by atoms with Gasteiger partial charge < -0.3 is 20.3 Å². The van der Waals surface area contributed by atoms with E-state index >= 15 is 0 Å². The fourth-order valence-electron chi connectivity index (χ4n) is 3.16. The second kappa shape index (κ2) is 10.3. The van der Waals surface area contributed by atoms with E-state index in [4.69, 9.17) is 4.74 Å². The molecule has 1 unspecified atom stereocenters. The van der Waals surface area contributed by atoms with Crippen LogP contribution in [0.25, 0.3) is 0 Å². The molecule has 0 amide bonds. The summed E-state index contributed by atoms with van der Waals surface area (Å²) in [7, 11) is 1.86. The molecule has 2 aliphatic heterocycles. The Hall–Kier alpha value is -0.460. The second-order valence-electron chi connectivity index (χ2n) is 6.29. The minimum Gasteiger partial charge on any atom is -0.381 e. The number of thioether (sulfide) groups is 1. The summed E-state index contributed by atoms with van der Waals surface area (Å²) in [6, 6.07) is 0.558. The zero-order chi connectivity index (χ0) is 15.6. The van der Waals surface area contributed by atoms with Gasteiger partial charge in [0.15, 0.2) is 5.96 Å². The number of hydrogen-bond donors (Lipinski definition) is 2. The van der Waals surface area contributed by atoms with Crippen molar-refractivity contribution in [2.45, 2.75) is 31.7 Å². The van der Waals surface area contributed by atoms with Gasteiger partial charge in [-0.05, 0) is 43.6 Å². The molecule has 2 fully saturated rings. The number of nitrogens with zero attached hydrogens (tertiary/aromatic N) is 2. The molecule has 0 spiro atoms. The summed E-state index contributed by atoms with van der Waals surface area (Å²) in [4.78, 5) is 6.94. The van der Waals surface area contributed by atoms with Crippen LogP contribution in [0.3, 0.4) is 0 Å². The first-order chi connectivity index (χ1) is 10.8. The fourth-order valence-corrected chi connectivity index (χ4v) is 3.60. The van der Waals surface area contributed by atoms with Gasteiger partial charge in [-0.2, -0.15) is 11.8 Å². The number of likely N-dealkylation sites (tertiary alicyclic amines) is 1. The van der Waals surface area contributed by atoms with Crippen molar-refractivity contribution in [3.63, 3.8) is 0 Å². The van der Waals surface area contributed by atoms with Crippen LogP contribution in [0.1, 0.15) is 25.7 Å². The predicted molar refractivity (Wildman–Crippen MR) is 95.9 cm³/mol. The monoisotopic (exact) mass is 328 g/mol. The van der Waals surface area contributed by atoms with Gasteiger partial charge >= 0.3 is 0 Å². The van der Waals surface area contributed by atoms with Gasteiger partial charge in [0.1, 0.15) is 0 Å². The third-order valence-electron chi connectivity index (χ3n) is 4.51. The number of guanidine groups is 1. The lowest BCUT2D eigenvalue weighted by atomic mass is 10.0. The lowest BCUT2D eigenvalue weighted by molar-refractivity contribution is 0.150. The van der Waals surface area contributed by atoms with Crippen LogP contribution in [0.2, 0.25) is 0 Å². The molecular weight excluding hydrogens is 296 g/mol. The maximum Gasteiger partial charge on any atom is 0.191 e. The van der Waals surface area contributed by atoms with E-state index in [9.17, 15) is 0 Å². The molecule has 2 saturated heterocycles. The Labute approximate surface area is 139 Å². The molecule has 0 aliphatic carbocycles. The highest BCUT2D eigenvalue weighted by atomic mass is 32.2. The maximum absolute atomic E-state index is 5.48. The van der Waals surface area contributed by atoms with E-state index in [1.165, 1.54) is 51.1 Å². The van der Waals surface area contributed by atoms with Crippen LogP contribution in [-0.2, 0) is 4.74 Å². The summed E-state index contributed by atoms with van der Waals surface area (Å²) < 4.78 is 5.48. The second-order valence-corrected chi connectivity index (χ2v) is 7.28. The van der Waals surface area contributed by atoms with E-state index in [2.05, 4.69) is 26.8 Å². The van der Waals surface area contributed by atoms with Gasteiger partial charge in [0.2, 0.25) is 0 Å². The molecule has 1 atom stereocenters. The molecule has 0 radical (unpaired) electrons. The normalized spacial score (nSPS) is 24.6. The van der Waals surface area contributed by atoms with E-state index in [0.29, 0.717) is 6.04 Å². The summed E-state index contributed by atoms with van der Waals surface area (Å²) in [6.07, 6.45) is 6.99. The molecule has 0 aromatic rings. The van der Waals surface area contributed by atoms with Crippen molar-refractivity contribution in [1.29, 1.82) is 0 Å². The van der Waals surface area contributed by atoms with Gasteiger partial charge in [-0.3, -0.25) is 4.99 Å². The molecule has 2 rings (SSSR count). The first kappa shape index (κ1) is 17.9. The van der Waals surface area contributed by atoms with Crippen molar-refractivity contribution in [3.05, 3.63) is 0 Å². The predicted octanol–water partition coefficient (Wildman–Crippen LogP) is 1.41. The molecule has 0 bridgehead atoms. The Balaban J connectivity index is 1.60. The fraction of sp³-hybridized carbons (Fsp3) is 0.938. The standard InChI is InChI=1S/C16H32N4OS/c1-17-16(18-7-3-11-22-2)19-15-4-8-20(9-5-15)12-14-6-10-21-13-14/h14-15H,3-13H2,1-2H3,(H2,17,18,19). The average molecular weight is 329 g/mol. The number of aliphatic imine (C=N–C) groups is 1. The van der Waals surface area contributed by atoms with Crippen LogP contribution in [0.4, 0.5) is 0 Å². The number of rotatable bonds is 7. The summed E-state index contributed by atoms with van der Waals surface area (Å²) in [6.45, 7) is 6.52. The number of ether oxygens (including phenoxy) is 1. The topological polar surface area (TPSA) is 48.9 Å². The molecule has 2 aliphatic rings. The van der Waals surface area contributed by atoms with Crippen molar-refractivity contribution in [2.75, 3.05) is 58.4 Å². The van der Waals surface area contributed by atoms with Gasteiger partial charge in [-0.25, -0.2) is 0 Å². The first-order valence-corrected chi connectivity index (χ1v) is 9.97. The zero-order valence-corrected chi connectivity index (χ0v) is 15.0. The molecule has 0 saturated carbocycles. The molecule has 22 heavy (non-hydrogen) atoms. The molecule has 0 aromatic heterocycles. The van der Waals surface area contributed by atoms with Crippen molar-refractivity contribution in [3.8, 4) is 0 Å². The van der Waals surface area contributed by atoms with E-state index in [-0.39, 0.29) is 0 Å². The highest BCUT2D eigenvalue weighted by Crippen LogP contribution is 2.17. The van der Waals surface area contributed by atoms with Crippen LogP contribution in [-0.4, -0.2) is 75.4 Å². The Kier molecular flexibility index (Phi) is 8.41. The summed E-state index contributed by atoms with van der Waals surface area (Å²) in [5.41, 5.74) is 0. The van der Waals surface area contributed by atoms with Crippen molar-refractivity contribution in [2.24, 2.45) is 10.9 Å². The van der Waals surface area contributed by atoms with E-state index in [1.807, 2.05) is 18.8 Å². The van der Waals surface area contributed by atoms with Gasteiger partial charge in [0.25, 0.3) is 0 Å². The maximum atomic E-state index is 5.48. The van der Waals surface area contributed by atoms with Crippen LogP contribution in [0, 0.1) is 5.92 Å². The lowest BCUT2D eigenvalue weighted by Gasteiger charge is -2.34. The Bertz CT molecular complexity index is 326. The molecule has 6 heteroatoms. The Morgan fingerprint density at radius 1 is 1.32 bits per heavy atom. The van der Waals surface area contributed by atoms with Crippen molar-refractivity contribution in [1.82, 2.24) is 15.5 Å². The summed E-state index contributed by atoms with van der Waals surface area (Å²) >= 11 is 1.89. The Morgan fingerprint density at radius 2 is 2.14 bits per heavy atom. The van der Waals surface area contributed by atoms with Crippen LogP contribution in [0.5, 0.6) is 0 Å². The highest BCUT2D eigenvalue weighted by Gasteiger charge is 2.24. The highest BCUT2D eigenvalue weighted by molar-refractivity contribution is 7.98. The first-order valence-electron chi connectivity index (χ1n) is 8.58. The number of nitrogens with one attached hydrogen (secondary N) is 2. The van der Waals surface area contributed by atoms with E-state index < -0.39 is 0 Å². The molecule has 128 valence electrons. The molecule has 2 heterocycles. The summed E-state index contributed by atoms with van der Waals surface area (Å²) in [5.74, 6) is 2.92. The van der Waals surface area contributed by atoms with Gasteiger partial charge in [-0.1, -0.05) is 0 Å². The minimum absolute atomic E-state index is 0.558. The van der Waals surface area contributed by atoms with Gasteiger partial charge in [-0.15, -0.1) is 0 Å². The minimum atomic E-state index is 0.558. The smallest absolute Gasteiger partial charge is 0.191 e.